The topological polar surface area (TPSA) is 45.7 Å². The molecule has 0 aromatic carbocycles. The summed E-state index contributed by atoms with van der Waals surface area (Å²) in [5.41, 5.74) is 0.372. The lowest BCUT2D eigenvalue weighted by atomic mass is 9.54. The van der Waals surface area contributed by atoms with Crippen LogP contribution in [-0.2, 0) is 17.7 Å². The molecule has 2 heterocycles. The molecule has 0 radical (unpaired) electrons. The highest BCUT2D eigenvalue weighted by atomic mass is 32.1. The molecule has 5 heteroatoms. The summed E-state index contributed by atoms with van der Waals surface area (Å²) in [5.74, 6) is 1.62. The summed E-state index contributed by atoms with van der Waals surface area (Å²) in [6.07, 6.45) is 8.15. The summed E-state index contributed by atoms with van der Waals surface area (Å²) in [6.45, 7) is 4.01. The van der Waals surface area contributed by atoms with Gasteiger partial charge in [0.2, 0.25) is 0 Å². The van der Waals surface area contributed by atoms with Crippen molar-refractivity contribution in [1.29, 1.82) is 0 Å². The molecule has 3 fully saturated rings. The third-order valence-corrected chi connectivity index (χ3v) is 7.53. The van der Waals surface area contributed by atoms with E-state index in [-0.39, 0.29) is 0 Å². The smallest absolute Gasteiger partial charge is 0.191 e. The van der Waals surface area contributed by atoms with Crippen molar-refractivity contribution in [1.82, 2.24) is 10.6 Å². The zero-order chi connectivity index (χ0) is 16.6. The number of rotatable bonds is 4. The van der Waals surface area contributed by atoms with Gasteiger partial charge in [-0.15, -0.1) is 11.3 Å². The van der Waals surface area contributed by atoms with Crippen molar-refractivity contribution in [3.63, 3.8) is 0 Å². The van der Waals surface area contributed by atoms with Gasteiger partial charge in [-0.05, 0) is 37.8 Å². The van der Waals surface area contributed by atoms with E-state index in [2.05, 4.69) is 34.7 Å². The van der Waals surface area contributed by atoms with Gasteiger partial charge in [0.1, 0.15) is 0 Å². The zero-order valence-electron chi connectivity index (χ0n) is 14.8. The molecule has 3 atom stereocenters. The average molecular weight is 348 g/mol. The number of aliphatic imine (C=N–C) groups is 1. The number of fused-ring (bicyclic) bond motifs is 2. The number of aryl methyl sites for hydroxylation is 1. The molecule has 1 aliphatic heterocycles. The van der Waals surface area contributed by atoms with E-state index < -0.39 is 0 Å². The monoisotopic (exact) mass is 347 g/mol. The van der Waals surface area contributed by atoms with Crippen molar-refractivity contribution in [3.8, 4) is 0 Å². The van der Waals surface area contributed by atoms with Crippen molar-refractivity contribution in [2.24, 2.45) is 16.3 Å². The minimum atomic E-state index is 0.372. The van der Waals surface area contributed by atoms with Crippen LogP contribution in [0.2, 0.25) is 0 Å². The Morgan fingerprint density at radius 2 is 2.12 bits per heavy atom. The molecular weight excluding hydrogens is 318 g/mol. The van der Waals surface area contributed by atoms with Gasteiger partial charge < -0.3 is 15.4 Å². The van der Waals surface area contributed by atoms with Gasteiger partial charge in [0.05, 0.1) is 12.6 Å². The number of hydrogen-bond donors (Lipinski definition) is 2. The fraction of sp³-hybridized carbons (Fsp3) is 0.737. The quantitative estimate of drug-likeness (QED) is 0.649. The predicted octanol–water partition coefficient (Wildman–Crippen LogP) is 3.32. The van der Waals surface area contributed by atoms with E-state index >= 15 is 0 Å². The van der Waals surface area contributed by atoms with E-state index in [9.17, 15) is 0 Å². The van der Waals surface area contributed by atoms with Crippen molar-refractivity contribution < 1.29 is 4.74 Å². The Labute approximate surface area is 149 Å². The van der Waals surface area contributed by atoms with Crippen LogP contribution in [-0.4, -0.2) is 31.8 Å². The second-order valence-electron chi connectivity index (χ2n) is 7.45. The molecular formula is C19H29N3OS. The summed E-state index contributed by atoms with van der Waals surface area (Å²) in [4.78, 5) is 7.30. The number of nitrogens with one attached hydrogen (secondary N) is 2. The molecule has 3 aliphatic rings. The maximum atomic E-state index is 6.08. The van der Waals surface area contributed by atoms with Crippen LogP contribution in [0.15, 0.2) is 17.1 Å². The first-order valence-electron chi connectivity index (χ1n) is 9.43. The third kappa shape index (κ3) is 2.66. The number of thiophene rings is 1. The van der Waals surface area contributed by atoms with Gasteiger partial charge in [0.15, 0.2) is 5.96 Å². The van der Waals surface area contributed by atoms with E-state index in [4.69, 9.17) is 4.74 Å². The number of ether oxygens (including phenoxy) is 1. The Balaban J connectivity index is 1.39. The van der Waals surface area contributed by atoms with Gasteiger partial charge in [-0.25, -0.2) is 0 Å². The van der Waals surface area contributed by atoms with Gasteiger partial charge in [-0.1, -0.05) is 19.8 Å². The molecule has 2 aliphatic carbocycles. The minimum absolute atomic E-state index is 0.372. The lowest BCUT2D eigenvalue weighted by Gasteiger charge is -2.57. The molecule has 0 amide bonds. The van der Waals surface area contributed by atoms with Gasteiger partial charge in [0.25, 0.3) is 0 Å². The van der Waals surface area contributed by atoms with Gasteiger partial charge in [-0.2, -0.15) is 0 Å². The molecule has 0 bridgehead atoms. The minimum Gasteiger partial charge on any atom is -0.377 e. The largest absolute Gasteiger partial charge is 0.377 e. The SMILES string of the molecule is CCc1ccc(CNC(=NC)NC2C3CCOC3C23CCCC3)s1. The molecule has 2 N–H and O–H groups in total. The van der Waals surface area contributed by atoms with Crippen molar-refractivity contribution in [2.45, 2.75) is 64.1 Å². The van der Waals surface area contributed by atoms with E-state index in [1.165, 1.54) is 41.9 Å². The zero-order valence-corrected chi connectivity index (χ0v) is 15.6. The van der Waals surface area contributed by atoms with Gasteiger partial charge >= 0.3 is 0 Å². The first-order chi connectivity index (χ1) is 11.8. The second kappa shape index (κ2) is 6.68. The highest BCUT2D eigenvalue weighted by Gasteiger charge is 2.65. The first kappa shape index (κ1) is 16.4. The molecule has 1 saturated heterocycles. The van der Waals surface area contributed by atoms with Crippen LogP contribution in [0.5, 0.6) is 0 Å². The summed E-state index contributed by atoms with van der Waals surface area (Å²) in [7, 11) is 1.88. The third-order valence-electron chi connectivity index (χ3n) is 6.30. The number of nitrogens with zero attached hydrogens (tertiary/aromatic N) is 1. The van der Waals surface area contributed by atoms with Crippen LogP contribution in [0.4, 0.5) is 0 Å². The van der Waals surface area contributed by atoms with Gasteiger partial charge in [0, 0.05) is 40.8 Å². The summed E-state index contributed by atoms with van der Waals surface area (Å²) < 4.78 is 6.08. The predicted molar refractivity (Wildman–Crippen MR) is 99.6 cm³/mol. The Morgan fingerprint density at radius 3 is 2.83 bits per heavy atom. The highest BCUT2D eigenvalue weighted by molar-refractivity contribution is 7.11. The maximum Gasteiger partial charge on any atom is 0.191 e. The Hall–Kier alpha value is -1.07. The van der Waals surface area contributed by atoms with E-state index in [0.717, 1.165) is 25.5 Å². The molecule has 4 rings (SSSR count). The van der Waals surface area contributed by atoms with Crippen LogP contribution >= 0.6 is 11.3 Å². The summed E-state index contributed by atoms with van der Waals surface area (Å²) in [6, 6.07) is 5.00. The average Bonchev–Trinajstić information content (AvgIpc) is 3.34. The molecule has 1 spiro atoms. The van der Waals surface area contributed by atoms with Gasteiger partial charge in [-0.3, -0.25) is 4.99 Å². The van der Waals surface area contributed by atoms with Crippen molar-refractivity contribution >= 4 is 17.3 Å². The lowest BCUT2D eigenvalue weighted by Crippen LogP contribution is -2.69. The summed E-state index contributed by atoms with van der Waals surface area (Å²) >= 11 is 1.89. The summed E-state index contributed by atoms with van der Waals surface area (Å²) in [5, 5.41) is 7.28. The molecule has 3 unspecified atom stereocenters. The Morgan fingerprint density at radius 1 is 1.33 bits per heavy atom. The Bertz CT molecular complexity index is 606. The fourth-order valence-corrected chi connectivity index (χ4v) is 6.02. The highest BCUT2D eigenvalue weighted by Crippen LogP contribution is 2.60. The van der Waals surface area contributed by atoms with E-state index in [0.29, 0.717) is 23.5 Å². The number of hydrogen-bond acceptors (Lipinski definition) is 3. The normalized spacial score (nSPS) is 31.1. The van der Waals surface area contributed by atoms with Crippen LogP contribution in [0.1, 0.15) is 48.8 Å². The lowest BCUT2D eigenvalue weighted by molar-refractivity contribution is -0.125. The standard InChI is InChI=1S/C19H29N3OS/c1-3-13-6-7-14(24-13)12-21-18(20-2)22-16-15-8-11-23-17(15)19(16)9-4-5-10-19/h6-7,15-17H,3-5,8-12H2,1-2H3,(H2,20,21,22). The van der Waals surface area contributed by atoms with E-state index in [1.54, 1.807) is 0 Å². The van der Waals surface area contributed by atoms with Crippen molar-refractivity contribution in [2.75, 3.05) is 13.7 Å². The van der Waals surface area contributed by atoms with E-state index in [1.807, 2.05) is 18.4 Å². The molecule has 2 saturated carbocycles. The van der Waals surface area contributed by atoms with Crippen LogP contribution in [0, 0.1) is 11.3 Å². The molecule has 132 valence electrons. The first-order valence-corrected chi connectivity index (χ1v) is 10.2. The molecule has 1 aromatic rings. The second-order valence-corrected chi connectivity index (χ2v) is 8.71. The number of guanidine groups is 1. The van der Waals surface area contributed by atoms with Crippen LogP contribution in [0.25, 0.3) is 0 Å². The van der Waals surface area contributed by atoms with Crippen molar-refractivity contribution in [3.05, 3.63) is 21.9 Å². The molecule has 1 aromatic heterocycles. The van der Waals surface area contributed by atoms with Crippen LogP contribution in [0.3, 0.4) is 0 Å². The Kier molecular flexibility index (Phi) is 4.56. The molecule has 4 nitrogen and oxygen atoms in total. The fourth-order valence-electron chi connectivity index (χ4n) is 5.12. The molecule has 24 heavy (non-hydrogen) atoms. The van der Waals surface area contributed by atoms with Crippen LogP contribution < -0.4 is 10.6 Å². The maximum absolute atomic E-state index is 6.08.